The summed E-state index contributed by atoms with van der Waals surface area (Å²) >= 11 is 4.91. The Balaban J connectivity index is 2.80. The molecule has 2 aromatic heterocycles. The Morgan fingerprint density at radius 1 is 1.43 bits per heavy atom. The van der Waals surface area contributed by atoms with Crippen LogP contribution >= 0.6 is 12.2 Å². The molecule has 9 heteroatoms. The van der Waals surface area contributed by atoms with Crippen LogP contribution in [-0.4, -0.2) is 27.3 Å². The maximum absolute atomic E-state index is 13.5. The maximum Gasteiger partial charge on any atom is 0.436 e. The van der Waals surface area contributed by atoms with Gasteiger partial charge in [-0.3, -0.25) is 14.3 Å². The Labute approximate surface area is 122 Å². The lowest BCUT2D eigenvalue weighted by Gasteiger charge is -2.34. The van der Waals surface area contributed by atoms with Crippen LogP contribution in [0.3, 0.4) is 0 Å². The molecule has 0 saturated heterocycles. The number of ether oxygens (including phenoxy) is 1. The molecule has 0 bridgehead atoms. The first-order valence-corrected chi connectivity index (χ1v) is 6.66. The van der Waals surface area contributed by atoms with Crippen molar-refractivity contribution >= 4 is 23.3 Å². The molecule has 1 atom stereocenters. The molecule has 1 unspecified atom stereocenters. The minimum absolute atomic E-state index is 0.0131. The van der Waals surface area contributed by atoms with E-state index in [-0.39, 0.29) is 22.4 Å². The molecule has 2 heterocycles. The summed E-state index contributed by atoms with van der Waals surface area (Å²) < 4.78 is 46.1. The quantitative estimate of drug-likeness (QED) is 0.851. The molecule has 0 aliphatic rings. The normalized spacial score (nSPS) is 15.3. The van der Waals surface area contributed by atoms with Gasteiger partial charge >= 0.3 is 6.18 Å². The molecule has 2 rings (SSSR count). The number of halogens is 3. The SMILES string of the molecule is CCCOC(C)(n1c(=S)[nH]c(=O)c2[nH]ccc21)C(F)(F)F. The first-order valence-electron chi connectivity index (χ1n) is 6.26. The summed E-state index contributed by atoms with van der Waals surface area (Å²) in [6, 6.07) is 1.36. The van der Waals surface area contributed by atoms with E-state index in [2.05, 4.69) is 9.97 Å². The summed E-state index contributed by atoms with van der Waals surface area (Å²) in [7, 11) is 0. The second-order valence-corrected chi connectivity index (χ2v) is 5.05. The van der Waals surface area contributed by atoms with E-state index in [0.29, 0.717) is 6.42 Å². The molecule has 0 radical (unpaired) electrons. The summed E-state index contributed by atoms with van der Waals surface area (Å²) in [6.45, 7) is 2.50. The van der Waals surface area contributed by atoms with Crippen LogP contribution in [-0.2, 0) is 10.5 Å². The highest BCUT2D eigenvalue weighted by molar-refractivity contribution is 7.71. The zero-order valence-electron chi connectivity index (χ0n) is 11.4. The molecule has 0 aliphatic heterocycles. The first kappa shape index (κ1) is 15.8. The Kier molecular flexibility index (Phi) is 3.98. The Morgan fingerprint density at radius 2 is 2.10 bits per heavy atom. The highest BCUT2D eigenvalue weighted by Crippen LogP contribution is 2.39. The third-order valence-corrected chi connectivity index (χ3v) is 3.44. The van der Waals surface area contributed by atoms with E-state index in [1.54, 1.807) is 6.92 Å². The minimum Gasteiger partial charge on any atom is -0.355 e. The van der Waals surface area contributed by atoms with Gasteiger partial charge in [-0.25, -0.2) is 0 Å². The van der Waals surface area contributed by atoms with Crippen LogP contribution in [0.2, 0.25) is 0 Å². The second-order valence-electron chi connectivity index (χ2n) is 4.66. The third kappa shape index (κ3) is 2.51. The number of fused-ring (bicyclic) bond motifs is 1. The van der Waals surface area contributed by atoms with Crippen LogP contribution in [0.25, 0.3) is 11.0 Å². The summed E-state index contributed by atoms with van der Waals surface area (Å²) in [5.74, 6) is 0. The van der Waals surface area contributed by atoms with E-state index in [9.17, 15) is 18.0 Å². The zero-order chi connectivity index (χ0) is 15.8. The van der Waals surface area contributed by atoms with Crippen LogP contribution in [0.1, 0.15) is 20.3 Å². The van der Waals surface area contributed by atoms with Crippen molar-refractivity contribution in [3.05, 3.63) is 27.4 Å². The van der Waals surface area contributed by atoms with Gasteiger partial charge in [0.2, 0.25) is 5.72 Å². The summed E-state index contributed by atoms with van der Waals surface area (Å²) in [5, 5.41) is 0. The number of rotatable bonds is 4. The van der Waals surface area contributed by atoms with Crippen molar-refractivity contribution in [1.82, 2.24) is 14.5 Å². The van der Waals surface area contributed by atoms with E-state index in [1.807, 2.05) is 0 Å². The molecule has 2 N–H and O–H groups in total. The molecule has 0 spiro atoms. The summed E-state index contributed by atoms with van der Waals surface area (Å²) in [5.41, 5.74) is -3.18. The van der Waals surface area contributed by atoms with Gasteiger partial charge in [0.1, 0.15) is 5.52 Å². The van der Waals surface area contributed by atoms with Crippen LogP contribution in [0, 0.1) is 4.77 Å². The van der Waals surface area contributed by atoms with Gasteiger partial charge in [0.15, 0.2) is 4.77 Å². The molecule has 21 heavy (non-hydrogen) atoms. The standard InChI is InChI=1S/C12H14F3N3O2S/c1-3-6-20-11(2,12(13,14)15)18-7-4-5-16-8(7)9(19)17-10(18)21/h4-5,16H,3,6H2,1-2H3,(H,17,19,21). The zero-order valence-corrected chi connectivity index (χ0v) is 12.2. The number of nitrogens with zero attached hydrogens (tertiary/aromatic N) is 1. The Morgan fingerprint density at radius 3 is 2.67 bits per heavy atom. The molecule has 5 nitrogen and oxygen atoms in total. The fourth-order valence-electron chi connectivity index (χ4n) is 2.05. The van der Waals surface area contributed by atoms with E-state index < -0.39 is 17.5 Å². The average molecular weight is 321 g/mol. The first-order chi connectivity index (χ1) is 9.72. The number of hydrogen-bond acceptors (Lipinski definition) is 3. The van der Waals surface area contributed by atoms with Crippen LogP contribution < -0.4 is 5.56 Å². The molecule has 0 aromatic carbocycles. The Bertz CT molecular complexity index is 761. The fraction of sp³-hybridized carbons (Fsp3) is 0.500. The van der Waals surface area contributed by atoms with Crippen LogP contribution in [0.4, 0.5) is 13.2 Å². The number of H-pyrrole nitrogens is 2. The van der Waals surface area contributed by atoms with Crippen molar-refractivity contribution in [2.45, 2.75) is 32.2 Å². The molecule has 0 saturated carbocycles. The largest absolute Gasteiger partial charge is 0.436 e. The van der Waals surface area contributed by atoms with Crippen molar-refractivity contribution < 1.29 is 17.9 Å². The number of alkyl halides is 3. The number of nitrogens with one attached hydrogen (secondary N) is 2. The van der Waals surface area contributed by atoms with Gasteiger partial charge in [-0.2, -0.15) is 13.2 Å². The number of aromatic amines is 2. The summed E-state index contributed by atoms with van der Waals surface area (Å²) in [4.78, 5) is 16.5. The van der Waals surface area contributed by atoms with E-state index in [4.69, 9.17) is 17.0 Å². The molecular formula is C12H14F3N3O2S. The highest BCUT2D eigenvalue weighted by Gasteiger charge is 2.55. The third-order valence-electron chi connectivity index (χ3n) is 3.16. The topological polar surface area (TPSA) is 62.8 Å². The molecule has 0 fully saturated rings. The minimum atomic E-state index is -4.71. The van der Waals surface area contributed by atoms with Gasteiger partial charge < -0.3 is 9.72 Å². The molecule has 0 aliphatic carbocycles. The van der Waals surface area contributed by atoms with Gasteiger partial charge in [-0.15, -0.1) is 0 Å². The van der Waals surface area contributed by atoms with Gasteiger partial charge in [-0.05, 0) is 31.6 Å². The maximum atomic E-state index is 13.5. The summed E-state index contributed by atoms with van der Waals surface area (Å²) in [6.07, 6.45) is -2.91. The molecule has 116 valence electrons. The monoisotopic (exact) mass is 321 g/mol. The van der Waals surface area contributed by atoms with Crippen molar-refractivity contribution in [2.24, 2.45) is 0 Å². The highest BCUT2D eigenvalue weighted by atomic mass is 32.1. The van der Waals surface area contributed by atoms with Gasteiger partial charge in [0, 0.05) is 12.8 Å². The van der Waals surface area contributed by atoms with Crippen molar-refractivity contribution in [3.8, 4) is 0 Å². The van der Waals surface area contributed by atoms with Gasteiger partial charge in [-0.1, -0.05) is 6.92 Å². The van der Waals surface area contributed by atoms with Crippen LogP contribution in [0.15, 0.2) is 17.1 Å². The fourth-order valence-corrected chi connectivity index (χ4v) is 2.42. The van der Waals surface area contributed by atoms with Gasteiger partial charge in [0.05, 0.1) is 5.52 Å². The molecular weight excluding hydrogens is 307 g/mol. The van der Waals surface area contributed by atoms with E-state index in [0.717, 1.165) is 11.5 Å². The van der Waals surface area contributed by atoms with Crippen LogP contribution in [0.5, 0.6) is 0 Å². The second kappa shape index (κ2) is 5.30. The number of aromatic nitrogens is 3. The lowest BCUT2D eigenvalue weighted by molar-refractivity contribution is -0.308. The average Bonchev–Trinajstić information content (AvgIpc) is 2.84. The van der Waals surface area contributed by atoms with E-state index >= 15 is 0 Å². The predicted octanol–water partition coefficient (Wildman–Crippen LogP) is 3.05. The lowest BCUT2D eigenvalue weighted by Crippen LogP contribution is -2.48. The van der Waals surface area contributed by atoms with Gasteiger partial charge in [0.25, 0.3) is 5.56 Å². The smallest absolute Gasteiger partial charge is 0.355 e. The predicted molar refractivity (Wildman–Crippen MR) is 73.7 cm³/mol. The Hall–Kier alpha value is -1.61. The van der Waals surface area contributed by atoms with Crippen molar-refractivity contribution in [1.29, 1.82) is 0 Å². The number of hydrogen-bond donors (Lipinski definition) is 2. The van der Waals surface area contributed by atoms with E-state index in [1.165, 1.54) is 12.3 Å². The molecule has 2 aromatic rings. The van der Waals surface area contributed by atoms with Crippen molar-refractivity contribution in [3.63, 3.8) is 0 Å². The molecule has 0 amide bonds. The lowest BCUT2D eigenvalue weighted by atomic mass is 10.2. The van der Waals surface area contributed by atoms with Crippen molar-refractivity contribution in [2.75, 3.05) is 6.61 Å².